The fourth-order valence-corrected chi connectivity index (χ4v) is 3.25. The summed E-state index contributed by atoms with van der Waals surface area (Å²) in [5, 5.41) is 10.4. The Morgan fingerprint density at radius 3 is 2.22 bits per heavy atom. The summed E-state index contributed by atoms with van der Waals surface area (Å²) in [5.41, 5.74) is 2.28. The van der Waals surface area contributed by atoms with Crippen LogP contribution in [0.3, 0.4) is 0 Å². The Labute approximate surface area is 128 Å². The van der Waals surface area contributed by atoms with Crippen LogP contribution >= 0.6 is 43.5 Å². The van der Waals surface area contributed by atoms with E-state index >= 15 is 0 Å². The molecule has 2 aromatic carbocycles. The highest BCUT2D eigenvalue weighted by atomic mass is 79.9. The van der Waals surface area contributed by atoms with Crippen LogP contribution in [0.25, 0.3) is 0 Å². The van der Waals surface area contributed by atoms with E-state index in [1.165, 1.54) is 0 Å². The number of hydrogen-bond acceptors (Lipinski definition) is 1. The Balaban J connectivity index is 2.14. The van der Waals surface area contributed by atoms with Crippen molar-refractivity contribution in [1.82, 2.24) is 0 Å². The van der Waals surface area contributed by atoms with Gasteiger partial charge in [-0.15, -0.1) is 0 Å². The maximum Gasteiger partial charge on any atom is 0.143 e. The minimum atomic E-state index is 0.233. The van der Waals surface area contributed by atoms with Gasteiger partial charge in [-0.25, -0.2) is 0 Å². The molecular formula is C14H11Br2ClO. The zero-order valence-corrected chi connectivity index (χ0v) is 13.4. The number of benzene rings is 2. The van der Waals surface area contributed by atoms with Crippen molar-refractivity contribution in [2.45, 2.75) is 12.8 Å². The smallest absolute Gasteiger partial charge is 0.143 e. The van der Waals surface area contributed by atoms with E-state index in [1.807, 2.05) is 36.4 Å². The van der Waals surface area contributed by atoms with Crippen molar-refractivity contribution in [2.24, 2.45) is 0 Å². The van der Waals surface area contributed by atoms with Crippen LogP contribution in [-0.2, 0) is 12.8 Å². The van der Waals surface area contributed by atoms with Crippen molar-refractivity contribution < 1.29 is 5.11 Å². The number of hydrogen-bond donors (Lipinski definition) is 1. The molecule has 1 N–H and O–H groups in total. The van der Waals surface area contributed by atoms with Gasteiger partial charge in [-0.3, -0.25) is 0 Å². The normalized spacial score (nSPS) is 10.6. The van der Waals surface area contributed by atoms with Gasteiger partial charge >= 0.3 is 0 Å². The molecule has 0 heterocycles. The molecule has 2 aromatic rings. The van der Waals surface area contributed by atoms with E-state index in [9.17, 15) is 5.11 Å². The number of rotatable bonds is 3. The van der Waals surface area contributed by atoms with E-state index < -0.39 is 0 Å². The third-order valence-electron chi connectivity index (χ3n) is 2.72. The fourth-order valence-electron chi connectivity index (χ4n) is 1.74. The van der Waals surface area contributed by atoms with Crippen molar-refractivity contribution in [3.63, 3.8) is 0 Å². The molecular weight excluding hydrogens is 379 g/mol. The quantitative estimate of drug-likeness (QED) is 0.748. The second-order valence-corrected chi connectivity index (χ2v) is 6.12. The molecule has 0 atom stereocenters. The lowest BCUT2D eigenvalue weighted by Crippen LogP contribution is -1.92. The molecule has 94 valence electrons. The van der Waals surface area contributed by atoms with Gasteiger partial charge in [-0.1, -0.05) is 29.8 Å². The Hall–Kier alpha value is -0.510. The summed E-state index contributed by atoms with van der Waals surface area (Å²) < 4.78 is 1.40. The average Bonchev–Trinajstić information content (AvgIpc) is 2.35. The monoisotopic (exact) mass is 388 g/mol. The van der Waals surface area contributed by atoms with E-state index in [2.05, 4.69) is 31.9 Å². The van der Waals surface area contributed by atoms with Crippen LogP contribution in [0.4, 0.5) is 0 Å². The van der Waals surface area contributed by atoms with Gasteiger partial charge in [0.1, 0.15) is 5.75 Å². The van der Waals surface area contributed by atoms with Crippen LogP contribution < -0.4 is 0 Å². The second kappa shape index (κ2) is 6.09. The van der Waals surface area contributed by atoms with Crippen LogP contribution in [-0.4, -0.2) is 5.11 Å². The van der Waals surface area contributed by atoms with E-state index in [0.29, 0.717) is 8.95 Å². The molecule has 0 saturated heterocycles. The van der Waals surface area contributed by atoms with Crippen molar-refractivity contribution in [3.8, 4) is 5.75 Å². The van der Waals surface area contributed by atoms with Crippen molar-refractivity contribution in [2.75, 3.05) is 0 Å². The fraction of sp³-hybridized carbons (Fsp3) is 0.143. The largest absolute Gasteiger partial charge is 0.506 e. The van der Waals surface area contributed by atoms with Crippen molar-refractivity contribution in [3.05, 3.63) is 61.5 Å². The summed E-state index contributed by atoms with van der Waals surface area (Å²) in [6, 6.07) is 11.7. The summed E-state index contributed by atoms with van der Waals surface area (Å²) in [4.78, 5) is 0. The number of aromatic hydroxyl groups is 1. The molecule has 0 aliphatic carbocycles. The molecule has 0 bridgehead atoms. The molecule has 0 saturated carbocycles. The van der Waals surface area contributed by atoms with Crippen LogP contribution in [0.2, 0.25) is 5.02 Å². The van der Waals surface area contributed by atoms with Crippen LogP contribution in [0.5, 0.6) is 5.75 Å². The van der Waals surface area contributed by atoms with E-state index in [0.717, 1.165) is 29.0 Å². The Kier molecular flexibility index (Phi) is 4.71. The third kappa shape index (κ3) is 3.28. The average molecular weight is 391 g/mol. The lowest BCUT2D eigenvalue weighted by molar-refractivity contribution is 0.468. The highest BCUT2D eigenvalue weighted by Crippen LogP contribution is 2.33. The molecule has 0 fully saturated rings. The van der Waals surface area contributed by atoms with Gasteiger partial charge in [0, 0.05) is 5.02 Å². The van der Waals surface area contributed by atoms with E-state index in [1.54, 1.807) is 0 Å². The summed E-state index contributed by atoms with van der Waals surface area (Å²) >= 11 is 12.8. The lowest BCUT2D eigenvalue weighted by Gasteiger charge is -2.07. The summed E-state index contributed by atoms with van der Waals surface area (Å²) in [5.74, 6) is 0.233. The molecule has 2 rings (SSSR count). The summed E-state index contributed by atoms with van der Waals surface area (Å²) in [6.45, 7) is 0. The predicted octanol–water partition coefficient (Wildman–Crippen LogP) is 5.36. The van der Waals surface area contributed by atoms with Gasteiger partial charge in [0.15, 0.2) is 0 Å². The molecule has 0 aliphatic heterocycles. The maximum atomic E-state index is 9.65. The predicted molar refractivity (Wildman–Crippen MR) is 82.4 cm³/mol. The minimum absolute atomic E-state index is 0.233. The van der Waals surface area contributed by atoms with Gasteiger partial charge < -0.3 is 5.11 Å². The second-order valence-electron chi connectivity index (χ2n) is 4.00. The van der Waals surface area contributed by atoms with Gasteiger partial charge in [-0.05, 0) is 74.0 Å². The third-order valence-corrected chi connectivity index (χ3v) is 4.30. The lowest BCUT2D eigenvalue weighted by atomic mass is 10.0. The first kappa shape index (κ1) is 13.9. The molecule has 0 aliphatic rings. The number of phenolic OH excluding ortho intramolecular Hbond substituents is 1. The van der Waals surface area contributed by atoms with Crippen molar-refractivity contribution in [1.29, 1.82) is 0 Å². The number of phenols is 1. The first-order chi connectivity index (χ1) is 8.58. The van der Waals surface area contributed by atoms with Gasteiger partial charge in [0.05, 0.1) is 8.95 Å². The molecule has 1 nitrogen and oxygen atoms in total. The molecule has 0 radical (unpaired) electrons. The zero-order chi connectivity index (χ0) is 13.1. The van der Waals surface area contributed by atoms with Gasteiger partial charge in [0.2, 0.25) is 0 Å². The molecule has 18 heavy (non-hydrogen) atoms. The Bertz CT molecular complexity index is 546. The molecule has 0 aromatic heterocycles. The van der Waals surface area contributed by atoms with Crippen molar-refractivity contribution >= 4 is 43.5 Å². The number of halogens is 3. The van der Waals surface area contributed by atoms with E-state index in [4.69, 9.17) is 11.6 Å². The molecule has 0 spiro atoms. The van der Waals surface area contributed by atoms with Crippen LogP contribution in [0.15, 0.2) is 45.3 Å². The van der Waals surface area contributed by atoms with E-state index in [-0.39, 0.29) is 5.75 Å². The Morgan fingerprint density at radius 2 is 1.61 bits per heavy atom. The summed E-state index contributed by atoms with van der Waals surface area (Å²) in [7, 11) is 0. The van der Waals surface area contributed by atoms with Crippen LogP contribution in [0.1, 0.15) is 11.1 Å². The number of aryl methyl sites for hydroxylation is 2. The molecule has 0 amide bonds. The zero-order valence-electron chi connectivity index (χ0n) is 9.46. The SMILES string of the molecule is Oc1c(Br)cc(CCc2ccccc2Cl)cc1Br. The standard InChI is InChI=1S/C14H11Br2ClO/c15-11-7-9(8-12(16)14(11)18)5-6-10-3-1-2-4-13(10)17/h1-4,7-8,18H,5-6H2. The Morgan fingerprint density at radius 1 is 1.00 bits per heavy atom. The highest BCUT2D eigenvalue weighted by Gasteiger charge is 2.07. The topological polar surface area (TPSA) is 20.2 Å². The maximum absolute atomic E-state index is 9.65. The van der Waals surface area contributed by atoms with Gasteiger partial charge in [-0.2, -0.15) is 0 Å². The summed E-state index contributed by atoms with van der Waals surface area (Å²) in [6.07, 6.45) is 1.75. The minimum Gasteiger partial charge on any atom is -0.506 e. The highest BCUT2D eigenvalue weighted by molar-refractivity contribution is 9.11. The van der Waals surface area contributed by atoms with Gasteiger partial charge in [0.25, 0.3) is 0 Å². The van der Waals surface area contributed by atoms with Crippen LogP contribution in [0, 0.1) is 0 Å². The molecule has 0 unspecified atom stereocenters. The first-order valence-electron chi connectivity index (χ1n) is 5.48. The first-order valence-corrected chi connectivity index (χ1v) is 7.44. The molecule has 4 heteroatoms.